The summed E-state index contributed by atoms with van der Waals surface area (Å²) in [7, 11) is 0. The molecule has 0 radical (unpaired) electrons. The number of nitrogens with two attached hydrogens (primary N) is 2. The predicted molar refractivity (Wildman–Crippen MR) is 76.1 cm³/mol. The van der Waals surface area contributed by atoms with E-state index in [4.69, 9.17) is 11.5 Å². The molecule has 1 aromatic rings. The highest BCUT2D eigenvalue weighted by Crippen LogP contribution is 2.38. The quantitative estimate of drug-likeness (QED) is 0.856. The zero-order valence-corrected chi connectivity index (χ0v) is 11.3. The highest BCUT2D eigenvalue weighted by atomic mass is 16.2. The lowest BCUT2D eigenvalue weighted by Gasteiger charge is -2.38. The highest BCUT2D eigenvalue weighted by Gasteiger charge is 2.40. The number of amides is 2. The van der Waals surface area contributed by atoms with Crippen molar-refractivity contribution in [2.24, 2.45) is 11.5 Å². The Hall–Kier alpha value is -1.88. The maximum absolute atomic E-state index is 12.5. The van der Waals surface area contributed by atoms with E-state index in [0.717, 1.165) is 30.5 Å². The minimum absolute atomic E-state index is 0.0107. The Labute approximate surface area is 117 Å². The summed E-state index contributed by atoms with van der Waals surface area (Å²) in [6.07, 6.45) is 3.22. The van der Waals surface area contributed by atoms with Gasteiger partial charge in [-0.15, -0.1) is 0 Å². The van der Waals surface area contributed by atoms with Crippen molar-refractivity contribution in [1.29, 1.82) is 0 Å². The zero-order chi connectivity index (χ0) is 14.3. The van der Waals surface area contributed by atoms with Crippen LogP contribution in [0.3, 0.4) is 0 Å². The van der Waals surface area contributed by atoms with Crippen LogP contribution in [0.2, 0.25) is 0 Å². The Morgan fingerprint density at radius 1 is 1.30 bits per heavy atom. The molecule has 0 aromatic heterocycles. The number of carbonyl (C=O) groups is 2. The van der Waals surface area contributed by atoms with Crippen molar-refractivity contribution in [2.75, 3.05) is 11.4 Å². The number of anilines is 1. The molecule has 5 nitrogen and oxygen atoms in total. The van der Waals surface area contributed by atoms with Crippen LogP contribution in [0.4, 0.5) is 5.69 Å². The van der Waals surface area contributed by atoms with Crippen LogP contribution in [0.1, 0.15) is 37.2 Å². The molecule has 0 spiro atoms. The second kappa shape index (κ2) is 4.59. The molecule has 2 aliphatic rings. The van der Waals surface area contributed by atoms with Crippen molar-refractivity contribution in [1.82, 2.24) is 0 Å². The molecule has 0 unspecified atom stereocenters. The topological polar surface area (TPSA) is 89.4 Å². The van der Waals surface area contributed by atoms with Crippen molar-refractivity contribution in [3.8, 4) is 0 Å². The standard InChI is InChI=1S/C15H19N3O2/c16-14(20)11-9-18(12-5-2-1-4-10(11)12)13(19)8-15(17)6-3-7-15/h1-2,4-5,11H,3,6-9,17H2,(H2,16,20)/t11-/m0/s1. The van der Waals surface area contributed by atoms with Gasteiger partial charge in [-0.3, -0.25) is 9.59 Å². The molecule has 4 N–H and O–H groups in total. The molecule has 0 bridgehead atoms. The Bertz CT molecular complexity index is 566. The van der Waals surface area contributed by atoms with Gasteiger partial charge in [0.2, 0.25) is 11.8 Å². The lowest BCUT2D eigenvalue weighted by molar-refractivity contribution is -0.120. The van der Waals surface area contributed by atoms with Gasteiger partial charge < -0.3 is 16.4 Å². The minimum atomic E-state index is -0.412. The maximum Gasteiger partial charge on any atom is 0.228 e. The lowest BCUT2D eigenvalue weighted by atomic mass is 9.75. The number of primary amides is 1. The third-order valence-electron chi connectivity index (χ3n) is 4.47. The second-order valence-electron chi connectivity index (χ2n) is 5.91. The molecule has 106 valence electrons. The SMILES string of the molecule is NC(=O)[C@H]1CN(C(=O)CC2(N)CCC2)c2ccccc21. The molecule has 1 heterocycles. The van der Waals surface area contributed by atoms with E-state index in [9.17, 15) is 9.59 Å². The molecular formula is C15H19N3O2. The third kappa shape index (κ3) is 2.08. The molecule has 2 amide bonds. The molecule has 1 saturated carbocycles. The molecule has 5 heteroatoms. The van der Waals surface area contributed by atoms with Gasteiger partial charge in [0.25, 0.3) is 0 Å². The van der Waals surface area contributed by atoms with Crippen LogP contribution in [0.25, 0.3) is 0 Å². The number of hydrogen-bond donors (Lipinski definition) is 2. The van der Waals surface area contributed by atoms with Crippen molar-refractivity contribution in [2.45, 2.75) is 37.1 Å². The van der Waals surface area contributed by atoms with Gasteiger partial charge in [-0.05, 0) is 30.9 Å². The molecular weight excluding hydrogens is 254 g/mol. The van der Waals surface area contributed by atoms with Crippen LogP contribution in [-0.2, 0) is 9.59 Å². The van der Waals surface area contributed by atoms with E-state index >= 15 is 0 Å². The van der Waals surface area contributed by atoms with E-state index in [-0.39, 0.29) is 17.4 Å². The molecule has 1 atom stereocenters. The summed E-state index contributed by atoms with van der Waals surface area (Å²) in [5.41, 5.74) is 12.9. The monoisotopic (exact) mass is 273 g/mol. The van der Waals surface area contributed by atoms with E-state index in [0.29, 0.717) is 13.0 Å². The number of rotatable bonds is 3. The van der Waals surface area contributed by atoms with E-state index in [1.807, 2.05) is 24.3 Å². The number of fused-ring (bicyclic) bond motifs is 1. The van der Waals surface area contributed by atoms with Crippen LogP contribution >= 0.6 is 0 Å². The normalized spacial score (nSPS) is 23.1. The number of para-hydroxylation sites is 1. The van der Waals surface area contributed by atoms with E-state index in [2.05, 4.69) is 0 Å². The fraction of sp³-hybridized carbons (Fsp3) is 0.467. The largest absolute Gasteiger partial charge is 0.369 e. The summed E-state index contributed by atoms with van der Waals surface area (Å²) in [4.78, 5) is 25.7. The maximum atomic E-state index is 12.5. The van der Waals surface area contributed by atoms with Crippen LogP contribution in [0.5, 0.6) is 0 Å². The average molecular weight is 273 g/mol. The lowest BCUT2D eigenvalue weighted by Crippen LogP contribution is -2.50. The van der Waals surface area contributed by atoms with Crippen molar-refractivity contribution in [3.05, 3.63) is 29.8 Å². The fourth-order valence-corrected chi connectivity index (χ4v) is 3.09. The summed E-state index contributed by atoms with van der Waals surface area (Å²) in [5.74, 6) is -0.812. The van der Waals surface area contributed by atoms with E-state index < -0.39 is 5.92 Å². The van der Waals surface area contributed by atoms with Gasteiger partial charge in [-0.1, -0.05) is 18.2 Å². The van der Waals surface area contributed by atoms with Gasteiger partial charge in [0, 0.05) is 24.2 Å². The molecule has 1 aliphatic carbocycles. The second-order valence-corrected chi connectivity index (χ2v) is 5.91. The van der Waals surface area contributed by atoms with Crippen LogP contribution in [0, 0.1) is 0 Å². The first-order valence-electron chi connectivity index (χ1n) is 6.98. The van der Waals surface area contributed by atoms with Crippen LogP contribution < -0.4 is 16.4 Å². The van der Waals surface area contributed by atoms with Gasteiger partial charge in [0.1, 0.15) is 0 Å². The number of hydrogen-bond acceptors (Lipinski definition) is 3. The Morgan fingerprint density at radius 3 is 2.60 bits per heavy atom. The van der Waals surface area contributed by atoms with Gasteiger partial charge in [-0.2, -0.15) is 0 Å². The summed E-state index contributed by atoms with van der Waals surface area (Å²) >= 11 is 0. The average Bonchev–Trinajstić information content (AvgIpc) is 2.76. The van der Waals surface area contributed by atoms with E-state index in [1.165, 1.54) is 0 Å². The zero-order valence-electron chi connectivity index (χ0n) is 11.3. The smallest absolute Gasteiger partial charge is 0.228 e. The van der Waals surface area contributed by atoms with Crippen molar-refractivity contribution >= 4 is 17.5 Å². The molecule has 0 saturated heterocycles. The van der Waals surface area contributed by atoms with Crippen LogP contribution in [0.15, 0.2) is 24.3 Å². The summed E-state index contributed by atoms with van der Waals surface area (Å²) in [6, 6.07) is 7.45. The highest BCUT2D eigenvalue weighted by molar-refractivity contribution is 6.00. The Kier molecular flexibility index (Phi) is 3.01. The van der Waals surface area contributed by atoms with Gasteiger partial charge in [0.05, 0.1) is 5.92 Å². The molecule has 3 rings (SSSR count). The summed E-state index contributed by atoms with van der Waals surface area (Å²) in [5, 5.41) is 0. The van der Waals surface area contributed by atoms with Crippen LogP contribution in [-0.4, -0.2) is 23.9 Å². The first-order chi connectivity index (χ1) is 9.50. The molecule has 1 aliphatic heterocycles. The Morgan fingerprint density at radius 2 is 2.00 bits per heavy atom. The van der Waals surface area contributed by atoms with Gasteiger partial charge >= 0.3 is 0 Å². The fourth-order valence-electron chi connectivity index (χ4n) is 3.09. The molecule has 1 fully saturated rings. The summed E-state index contributed by atoms with van der Waals surface area (Å²) < 4.78 is 0. The first kappa shape index (κ1) is 13.1. The third-order valence-corrected chi connectivity index (χ3v) is 4.47. The molecule has 20 heavy (non-hydrogen) atoms. The van der Waals surface area contributed by atoms with E-state index in [1.54, 1.807) is 4.90 Å². The van der Waals surface area contributed by atoms with Gasteiger partial charge in [0.15, 0.2) is 0 Å². The minimum Gasteiger partial charge on any atom is -0.369 e. The predicted octanol–water partition coefficient (Wildman–Crippen LogP) is 0.874. The molecule has 1 aromatic carbocycles. The Balaban J connectivity index is 1.84. The number of carbonyl (C=O) groups excluding carboxylic acids is 2. The number of nitrogens with zero attached hydrogens (tertiary/aromatic N) is 1. The van der Waals surface area contributed by atoms with Crippen molar-refractivity contribution in [3.63, 3.8) is 0 Å². The van der Waals surface area contributed by atoms with Gasteiger partial charge in [-0.25, -0.2) is 0 Å². The first-order valence-corrected chi connectivity index (χ1v) is 6.98. The summed E-state index contributed by atoms with van der Waals surface area (Å²) in [6.45, 7) is 0.337. The van der Waals surface area contributed by atoms with Crippen molar-refractivity contribution < 1.29 is 9.59 Å². The number of benzene rings is 1.